The molecule has 1 heterocycles. The number of nitro benzene ring substituents is 1. The maximum absolute atomic E-state index is 11.1. The molecule has 132 valence electrons. The Morgan fingerprint density at radius 3 is 2.73 bits per heavy atom. The molecule has 2 aromatic carbocycles. The number of para-hydroxylation sites is 1. The minimum Gasteiger partial charge on any atom is -0.494 e. The summed E-state index contributed by atoms with van der Waals surface area (Å²) in [6.07, 6.45) is 1.39. The number of rotatable bonds is 6. The van der Waals surface area contributed by atoms with Crippen LogP contribution in [0.3, 0.4) is 0 Å². The first kappa shape index (κ1) is 17.5. The summed E-state index contributed by atoms with van der Waals surface area (Å²) in [5.74, 6) is 1.24. The van der Waals surface area contributed by atoms with Gasteiger partial charge >= 0.3 is 0 Å². The molecule has 0 aliphatic carbocycles. The Kier molecular flexibility index (Phi) is 5.18. The maximum Gasteiger partial charge on any atom is 0.278 e. The average molecular weight is 369 g/mol. The second-order valence-corrected chi connectivity index (χ2v) is 5.57. The van der Waals surface area contributed by atoms with Gasteiger partial charge in [-0.3, -0.25) is 10.1 Å². The summed E-state index contributed by atoms with van der Waals surface area (Å²) in [6, 6.07) is 13.7. The Morgan fingerprint density at radius 1 is 1.31 bits per heavy atom. The zero-order valence-electron chi connectivity index (χ0n) is 13.8. The summed E-state index contributed by atoms with van der Waals surface area (Å²) in [7, 11) is 0. The molecule has 0 aliphatic rings. The van der Waals surface area contributed by atoms with E-state index in [4.69, 9.17) is 17.0 Å². The lowest BCUT2D eigenvalue weighted by Gasteiger charge is -2.04. The Morgan fingerprint density at radius 2 is 2.04 bits per heavy atom. The van der Waals surface area contributed by atoms with Crippen LogP contribution in [0, 0.1) is 14.9 Å². The second-order valence-electron chi connectivity index (χ2n) is 5.18. The summed E-state index contributed by atoms with van der Waals surface area (Å²) in [6.45, 7) is 2.49. The van der Waals surface area contributed by atoms with Crippen LogP contribution in [0.1, 0.15) is 12.5 Å². The van der Waals surface area contributed by atoms with E-state index in [-0.39, 0.29) is 10.5 Å². The number of nitro groups is 1. The molecule has 1 N–H and O–H groups in total. The number of nitrogens with zero attached hydrogens (tertiary/aromatic N) is 4. The summed E-state index contributed by atoms with van der Waals surface area (Å²) >= 11 is 5.21. The molecule has 0 aliphatic heterocycles. The van der Waals surface area contributed by atoms with Crippen molar-refractivity contribution in [3.8, 4) is 17.1 Å². The van der Waals surface area contributed by atoms with E-state index in [0.29, 0.717) is 18.0 Å². The highest BCUT2D eigenvalue weighted by Gasteiger charge is 2.12. The quantitative estimate of drug-likeness (QED) is 0.308. The number of benzene rings is 2. The first-order chi connectivity index (χ1) is 12.6. The topological polar surface area (TPSA) is 98.3 Å². The van der Waals surface area contributed by atoms with E-state index in [0.717, 1.165) is 11.3 Å². The fraction of sp³-hybridized carbons (Fsp3) is 0.118. The number of H-pyrrole nitrogens is 1. The Labute approximate surface area is 153 Å². The maximum atomic E-state index is 11.1. The molecule has 3 aromatic rings. The Hall–Kier alpha value is -3.33. The van der Waals surface area contributed by atoms with E-state index in [1.54, 1.807) is 18.2 Å². The van der Waals surface area contributed by atoms with E-state index in [1.165, 1.54) is 17.0 Å². The average Bonchev–Trinajstić information content (AvgIpc) is 3.01. The van der Waals surface area contributed by atoms with Crippen LogP contribution in [-0.4, -0.2) is 32.6 Å². The predicted octanol–water partition coefficient (Wildman–Crippen LogP) is 3.80. The van der Waals surface area contributed by atoms with Crippen LogP contribution in [0.5, 0.6) is 5.75 Å². The molecular formula is C17H15N5O3S. The number of hydrogen-bond acceptors (Lipinski definition) is 6. The smallest absolute Gasteiger partial charge is 0.278 e. The standard InChI is InChI=1S/C17H15N5O3S/c1-2-25-14-9-7-12(8-10-14)16-19-20-17(26)21(16)18-11-13-5-3-4-6-15(13)22(23)24/h3-11H,2H2,1H3,(H,20,26). The number of aromatic amines is 1. The lowest BCUT2D eigenvalue weighted by molar-refractivity contribution is -0.385. The molecule has 8 nitrogen and oxygen atoms in total. The molecule has 0 unspecified atom stereocenters. The highest BCUT2D eigenvalue weighted by atomic mass is 32.1. The van der Waals surface area contributed by atoms with Gasteiger partial charge in [-0.15, -0.1) is 0 Å². The molecule has 0 atom stereocenters. The third-order valence-electron chi connectivity index (χ3n) is 3.52. The van der Waals surface area contributed by atoms with E-state index in [9.17, 15) is 10.1 Å². The lowest BCUT2D eigenvalue weighted by atomic mass is 10.2. The summed E-state index contributed by atoms with van der Waals surface area (Å²) in [4.78, 5) is 10.7. The highest BCUT2D eigenvalue weighted by Crippen LogP contribution is 2.21. The first-order valence-corrected chi connectivity index (χ1v) is 8.19. The third-order valence-corrected chi connectivity index (χ3v) is 3.78. The minimum atomic E-state index is -0.455. The van der Waals surface area contributed by atoms with E-state index >= 15 is 0 Å². The predicted molar refractivity (Wildman–Crippen MR) is 100 cm³/mol. The number of nitrogens with one attached hydrogen (secondary N) is 1. The molecule has 0 saturated carbocycles. The van der Waals surface area contributed by atoms with Gasteiger partial charge in [-0.1, -0.05) is 12.1 Å². The number of hydrogen-bond donors (Lipinski definition) is 1. The third kappa shape index (κ3) is 3.67. The van der Waals surface area contributed by atoms with Gasteiger partial charge in [0.2, 0.25) is 4.77 Å². The van der Waals surface area contributed by atoms with Crippen LogP contribution in [0.4, 0.5) is 5.69 Å². The zero-order chi connectivity index (χ0) is 18.5. The van der Waals surface area contributed by atoms with Crippen LogP contribution >= 0.6 is 12.2 Å². The van der Waals surface area contributed by atoms with Gasteiger partial charge in [0.15, 0.2) is 5.82 Å². The molecule has 26 heavy (non-hydrogen) atoms. The Bertz CT molecular complexity index is 1010. The minimum absolute atomic E-state index is 0.0334. The van der Waals surface area contributed by atoms with E-state index < -0.39 is 4.92 Å². The fourth-order valence-electron chi connectivity index (χ4n) is 2.34. The van der Waals surface area contributed by atoms with Crippen LogP contribution in [0.2, 0.25) is 0 Å². The van der Waals surface area contributed by atoms with Crippen LogP contribution in [-0.2, 0) is 0 Å². The molecule has 0 bridgehead atoms. The normalized spacial score (nSPS) is 11.0. The van der Waals surface area contributed by atoms with Crippen molar-refractivity contribution in [1.29, 1.82) is 0 Å². The monoisotopic (exact) mass is 369 g/mol. The van der Waals surface area contributed by atoms with Crippen molar-refractivity contribution in [2.24, 2.45) is 5.10 Å². The van der Waals surface area contributed by atoms with Crippen molar-refractivity contribution in [2.75, 3.05) is 6.61 Å². The van der Waals surface area contributed by atoms with Gasteiger partial charge in [-0.2, -0.15) is 14.9 Å². The van der Waals surface area contributed by atoms with Crippen LogP contribution in [0.15, 0.2) is 53.6 Å². The summed E-state index contributed by atoms with van der Waals surface area (Å²) in [5, 5.41) is 22.3. The zero-order valence-corrected chi connectivity index (χ0v) is 14.6. The molecule has 0 saturated heterocycles. The number of aromatic nitrogens is 3. The number of ether oxygens (including phenoxy) is 1. The van der Waals surface area contributed by atoms with Crippen molar-refractivity contribution < 1.29 is 9.66 Å². The van der Waals surface area contributed by atoms with Gasteiger partial charge in [-0.25, -0.2) is 5.10 Å². The second kappa shape index (κ2) is 7.70. The molecule has 0 radical (unpaired) electrons. The summed E-state index contributed by atoms with van der Waals surface area (Å²) in [5.41, 5.74) is 1.12. The molecule has 0 fully saturated rings. The van der Waals surface area contributed by atoms with Crippen molar-refractivity contribution in [2.45, 2.75) is 6.92 Å². The lowest BCUT2D eigenvalue weighted by Crippen LogP contribution is -1.98. The van der Waals surface area contributed by atoms with E-state index in [1.807, 2.05) is 31.2 Å². The van der Waals surface area contributed by atoms with Gasteiger partial charge < -0.3 is 4.74 Å². The van der Waals surface area contributed by atoms with E-state index in [2.05, 4.69) is 15.3 Å². The van der Waals surface area contributed by atoms with Crippen LogP contribution < -0.4 is 4.74 Å². The summed E-state index contributed by atoms with van der Waals surface area (Å²) < 4.78 is 7.12. The van der Waals surface area contributed by atoms with Gasteiger partial charge in [0, 0.05) is 11.6 Å². The largest absolute Gasteiger partial charge is 0.494 e. The van der Waals surface area contributed by atoms with Crippen molar-refractivity contribution in [3.05, 3.63) is 69.0 Å². The highest BCUT2D eigenvalue weighted by molar-refractivity contribution is 7.71. The molecule has 9 heteroatoms. The fourth-order valence-corrected chi connectivity index (χ4v) is 2.51. The van der Waals surface area contributed by atoms with Gasteiger partial charge in [0.1, 0.15) is 5.75 Å². The van der Waals surface area contributed by atoms with Gasteiger partial charge in [-0.05, 0) is 49.5 Å². The van der Waals surface area contributed by atoms with Crippen LogP contribution in [0.25, 0.3) is 11.4 Å². The Balaban J connectivity index is 1.96. The van der Waals surface area contributed by atoms with Gasteiger partial charge in [0.25, 0.3) is 5.69 Å². The molecule has 0 amide bonds. The van der Waals surface area contributed by atoms with Gasteiger partial charge in [0.05, 0.1) is 23.3 Å². The molecule has 0 spiro atoms. The van der Waals surface area contributed by atoms with Crippen molar-refractivity contribution in [3.63, 3.8) is 0 Å². The molecule has 1 aromatic heterocycles. The van der Waals surface area contributed by atoms with Crippen molar-refractivity contribution in [1.82, 2.24) is 14.9 Å². The SMILES string of the molecule is CCOc1ccc(-c2n[nH]c(=S)n2N=Cc2ccccc2[N+](=O)[O-])cc1. The molecule has 3 rings (SSSR count). The molecular weight excluding hydrogens is 354 g/mol. The first-order valence-electron chi connectivity index (χ1n) is 7.78. The van der Waals surface area contributed by atoms with Crippen molar-refractivity contribution >= 4 is 24.1 Å².